The zero-order valence-electron chi connectivity index (χ0n) is 7.84. The lowest BCUT2D eigenvalue weighted by Gasteiger charge is -2.21. The van der Waals surface area contributed by atoms with Gasteiger partial charge in [-0.3, -0.25) is 0 Å². The van der Waals surface area contributed by atoms with Crippen molar-refractivity contribution in [2.45, 2.75) is 26.2 Å². The molecule has 0 saturated carbocycles. The normalized spacial score (nSPS) is 21.5. The summed E-state index contributed by atoms with van der Waals surface area (Å²) in [5.74, 6) is 0.617. The van der Waals surface area contributed by atoms with Crippen LogP contribution in [0.25, 0.3) is 0 Å². The summed E-state index contributed by atoms with van der Waals surface area (Å²) in [6, 6.07) is 0. The van der Waals surface area contributed by atoms with Crippen LogP contribution in [0, 0.1) is 12.8 Å². The molecule has 0 radical (unpaired) electrons. The third kappa shape index (κ3) is 1.77. The van der Waals surface area contributed by atoms with Gasteiger partial charge in [0.05, 0.1) is 0 Å². The van der Waals surface area contributed by atoms with E-state index in [4.69, 9.17) is 5.21 Å². The monoisotopic (exact) mass is 197 g/mol. The Morgan fingerprint density at radius 1 is 1.69 bits per heavy atom. The Bertz CT molecular complexity index is 295. The fraction of sp³-hybridized carbons (Fsp3) is 0.600. The number of fused-ring (bicyclic) bond motifs is 1. The van der Waals surface area contributed by atoms with Crippen molar-refractivity contribution in [3.05, 3.63) is 21.4 Å². The molecule has 0 spiro atoms. The Hall–Kier alpha value is -0.380. The zero-order chi connectivity index (χ0) is 9.26. The minimum atomic E-state index is 0.617. The van der Waals surface area contributed by atoms with Crippen LogP contribution < -0.4 is 5.48 Å². The topological polar surface area (TPSA) is 32.3 Å². The standard InChI is InChI=1S/C10H15NOS/c1-7-10-3-2-8(5-11-12)4-9(10)6-13-7/h6,8,11-12H,2-5H2,1H3. The van der Waals surface area contributed by atoms with Crippen molar-refractivity contribution in [2.24, 2.45) is 5.92 Å². The maximum atomic E-state index is 8.62. The second-order valence-corrected chi connectivity index (χ2v) is 4.85. The summed E-state index contributed by atoms with van der Waals surface area (Å²) in [7, 11) is 0. The van der Waals surface area contributed by atoms with Gasteiger partial charge in [-0.2, -0.15) is 0 Å². The summed E-state index contributed by atoms with van der Waals surface area (Å²) in [5.41, 5.74) is 5.36. The third-order valence-corrected chi connectivity index (χ3v) is 3.88. The molecular formula is C10H15NOS. The molecule has 2 rings (SSSR count). The second-order valence-electron chi connectivity index (χ2n) is 3.77. The molecule has 0 aliphatic heterocycles. The molecule has 1 aliphatic carbocycles. The smallest absolute Gasteiger partial charge is 0.0239 e. The summed E-state index contributed by atoms with van der Waals surface area (Å²) in [6.45, 7) is 2.93. The van der Waals surface area contributed by atoms with Gasteiger partial charge in [-0.15, -0.1) is 11.3 Å². The van der Waals surface area contributed by atoms with Gasteiger partial charge in [0.2, 0.25) is 0 Å². The lowest BCUT2D eigenvalue weighted by Crippen LogP contribution is -2.24. The lowest BCUT2D eigenvalue weighted by atomic mass is 9.85. The predicted octanol–water partition coefficient (Wildman–Crippen LogP) is 2.14. The Labute approximate surface area is 82.6 Å². The van der Waals surface area contributed by atoms with Crippen LogP contribution in [0.4, 0.5) is 0 Å². The first kappa shape index (κ1) is 9.19. The van der Waals surface area contributed by atoms with E-state index in [1.807, 2.05) is 11.3 Å². The molecule has 0 amide bonds. The third-order valence-electron chi connectivity index (χ3n) is 2.88. The summed E-state index contributed by atoms with van der Waals surface area (Å²) in [6.07, 6.45) is 3.53. The summed E-state index contributed by atoms with van der Waals surface area (Å²) in [5, 5.41) is 10.9. The second kappa shape index (κ2) is 3.78. The SMILES string of the molecule is Cc1scc2c1CCC(CNO)C2. The van der Waals surface area contributed by atoms with Gasteiger partial charge >= 0.3 is 0 Å². The molecule has 1 unspecified atom stereocenters. The highest BCUT2D eigenvalue weighted by Gasteiger charge is 2.20. The Kier molecular flexibility index (Phi) is 2.67. The molecule has 2 nitrogen and oxygen atoms in total. The molecule has 1 aromatic rings. The molecule has 72 valence electrons. The van der Waals surface area contributed by atoms with E-state index in [1.165, 1.54) is 23.3 Å². The fourth-order valence-corrected chi connectivity index (χ4v) is 3.03. The van der Waals surface area contributed by atoms with E-state index in [2.05, 4.69) is 17.8 Å². The Balaban J connectivity index is 2.11. The number of hydroxylamine groups is 1. The molecular weight excluding hydrogens is 182 g/mol. The van der Waals surface area contributed by atoms with Gasteiger partial charge in [0.15, 0.2) is 0 Å². The van der Waals surface area contributed by atoms with E-state index in [-0.39, 0.29) is 0 Å². The van der Waals surface area contributed by atoms with Gasteiger partial charge in [-0.05, 0) is 48.6 Å². The Morgan fingerprint density at radius 2 is 2.54 bits per heavy atom. The largest absolute Gasteiger partial charge is 0.317 e. The van der Waals surface area contributed by atoms with Crippen molar-refractivity contribution in [3.8, 4) is 0 Å². The van der Waals surface area contributed by atoms with Gasteiger partial charge in [0, 0.05) is 11.4 Å². The van der Waals surface area contributed by atoms with Gasteiger partial charge in [-0.25, -0.2) is 5.48 Å². The van der Waals surface area contributed by atoms with Crippen LogP contribution in [0.5, 0.6) is 0 Å². The van der Waals surface area contributed by atoms with Crippen LogP contribution in [-0.4, -0.2) is 11.8 Å². The molecule has 1 heterocycles. The highest BCUT2D eigenvalue weighted by molar-refractivity contribution is 7.10. The highest BCUT2D eigenvalue weighted by atomic mass is 32.1. The summed E-state index contributed by atoms with van der Waals surface area (Å²) >= 11 is 1.86. The highest BCUT2D eigenvalue weighted by Crippen LogP contribution is 2.31. The van der Waals surface area contributed by atoms with Gasteiger partial charge in [-0.1, -0.05) is 0 Å². The van der Waals surface area contributed by atoms with Crippen molar-refractivity contribution in [1.29, 1.82) is 0 Å². The molecule has 0 bridgehead atoms. The van der Waals surface area contributed by atoms with Crippen molar-refractivity contribution < 1.29 is 5.21 Å². The van der Waals surface area contributed by atoms with E-state index in [9.17, 15) is 0 Å². The van der Waals surface area contributed by atoms with Crippen LogP contribution in [0.15, 0.2) is 5.38 Å². The van der Waals surface area contributed by atoms with E-state index in [0.29, 0.717) is 5.92 Å². The minimum Gasteiger partial charge on any atom is -0.317 e. The van der Waals surface area contributed by atoms with Crippen molar-refractivity contribution in [1.82, 2.24) is 5.48 Å². The van der Waals surface area contributed by atoms with E-state index in [1.54, 1.807) is 5.56 Å². The minimum absolute atomic E-state index is 0.617. The van der Waals surface area contributed by atoms with Crippen LogP contribution in [0.1, 0.15) is 22.4 Å². The Morgan fingerprint density at radius 3 is 3.31 bits per heavy atom. The van der Waals surface area contributed by atoms with E-state index < -0.39 is 0 Å². The molecule has 3 heteroatoms. The molecule has 1 atom stereocenters. The summed E-state index contributed by atoms with van der Waals surface area (Å²) < 4.78 is 0. The molecule has 1 aliphatic rings. The van der Waals surface area contributed by atoms with Crippen molar-refractivity contribution >= 4 is 11.3 Å². The average molecular weight is 197 g/mol. The maximum Gasteiger partial charge on any atom is 0.0239 e. The molecule has 13 heavy (non-hydrogen) atoms. The zero-order valence-corrected chi connectivity index (χ0v) is 8.66. The number of aryl methyl sites for hydroxylation is 1. The van der Waals surface area contributed by atoms with Crippen molar-refractivity contribution in [3.63, 3.8) is 0 Å². The average Bonchev–Trinajstić information content (AvgIpc) is 2.48. The van der Waals surface area contributed by atoms with Gasteiger partial charge in [0.25, 0.3) is 0 Å². The fourth-order valence-electron chi connectivity index (χ4n) is 2.10. The van der Waals surface area contributed by atoms with Crippen LogP contribution in [0.2, 0.25) is 0 Å². The van der Waals surface area contributed by atoms with Gasteiger partial charge in [0.1, 0.15) is 0 Å². The quantitative estimate of drug-likeness (QED) is 0.712. The number of hydrogen-bond acceptors (Lipinski definition) is 3. The van der Waals surface area contributed by atoms with Crippen LogP contribution >= 0.6 is 11.3 Å². The van der Waals surface area contributed by atoms with E-state index >= 15 is 0 Å². The molecule has 0 aromatic carbocycles. The molecule has 1 aromatic heterocycles. The molecule has 0 saturated heterocycles. The van der Waals surface area contributed by atoms with E-state index in [0.717, 1.165) is 13.0 Å². The number of hydrogen-bond donors (Lipinski definition) is 2. The first-order valence-electron chi connectivity index (χ1n) is 4.74. The first-order valence-corrected chi connectivity index (χ1v) is 5.62. The lowest BCUT2D eigenvalue weighted by molar-refractivity contribution is 0.145. The molecule has 2 N–H and O–H groups in total. The number of rotatable bonds is 2. The first-order chi connectivity index (χ1) is 6.31. The van der Waals surface area contributed by atoms with Crippen LogP contribution in [0.3, 0.4) is 0 Å². The van der Waals surface area contributed by atoms with Crippen molar-refractivity contribution in [2.75, 3.05) is 6.54 Å². The van der Waals surface area contributed by atoms with Crippen LogP contribution in [-0.2, 0) is 12.8 Å². The van der Waals surface area contributed by atoms with Gasteiger partial charge < -0.3 is 5.21 Å². The maximum absolute atomic E-state index is 8.62. The summed E-state index contributed by atoms with van der Waals surface area (Å²) in [4.78, 5) is 1.48. The predicted molar refractivity (Wildman–Crippen MR) is 54.4 cm³/mol. The molecule has 0 fully saturated rings. The number of nitrogens with one attached hydrogen (secondary N) is 1. The number of thiophene rings is 1.